The number of nitrogens with one attached hydrogen (secondary N) is 1. The molecule has 4 heterocycles. The minimum atomic E-state index is 0.351. The summed E-state index contributed by atoms with van der Waals surface area (Å²) in [6, 6.07) is 11.1. The van der Waals surface area contributed by atoms with Crippen molar-refractivity contribution in [2.45, 2.75) is 45.7 Å². The predicted octanol–water partition coefficient (Wildman–Crippen LogP) is 5.30. The predicted molar refractivity (Wildman–Crippen MR) is 130 cm³/mol. The van der Waals surface area contributed by atoms with Gasteiger partial charge in [-0.3, -0.25) is 0 Å². The summed E-state index contributed by atoms with van der Waals surface area (Å²) in [5.41, 5.74) is 6.41. The average Bonchev–Trinajstić information content (AvgIpc) is 3.53. The van der Waals surface area contributed by atoms with E-state index in [4.69, 9.17) is 14.7 Å². The molecule has 166 valence electrons. The smallest absolute Gasteiger partial charge is 0.157 e. The van der Waals surface area contributed by atoms with E-state index in [9.17, 15) is 0 Å². The zero-order chi connectivity index (χ0) is 22.2. The van der Waals surface area contributed by atoms with Gasteiger partial charge in [0.25, 0.3) is 0 Å². The number of allylic oxidation sites excluding steroid dienone is 2. The first kappa shape index (κ1) is 20.8. The number of methoxy groups -OCH3 is 1. The van der Waals surface area contributed by atoms with Crippen LogP contribution in [-0.4, -0.2) is 32.8 Å². The van der Waals surface area contributed by atoms with E-state index in [0.717, 1.165) is 76.5 Å². The van der Waals surface area contributed by atoms with Crippen LogP contribution in [0.2, 0.25) is 0 Å². The van der Waals surface area contributed by atoms with Crippen LogP contribution < -0.4 is 10.1 Å². The van der Waals surface area contributed by atoms with Gasteiger partial charge in [0.2, 0.25) is 0 Å². The molecule has 1 atom stereocenters. The van der Waals surface area contributed by atoms with Gasteiger partial charge in [0.1, 0.15) is 16.9 Å². The maximum Gasteiger partial charge on any atom is 0.157 e. The van der Waals surface area contributed by atoms with Gasteiger partial charge < -0.3 is 19.2 Å². The fourth-order valence-corrected chi connectivity index (χ4v) is 4.86. The molecule has 0 bridgehead atoms. The molecule has 1 aliphatic heterocycles. The number of ether oxygens (including phenoxy) is 1. The molecule has 6 heteroatoms. The standard InChI is InChI=1S/C26H31N5O/c1-5-6-7-15-31-21(16-18-11-12-20(28-25(18)31)19-9-8-14-27-19)26-29-23-17(2)10-13-22(32-4)24(23)30(26)3/h5-6,10-13,16,19,27H,7-9,14-15H2,1-4H3/b6-5-/t19-/m1/s1. The van der Waals surface area contributed by atoms with Gasteiger partial charge in [-0.1, -0.05) is 18.2 Å². The zero-order valence-electron chi connectivity index (χ0n) is 19.4. The van der Waals surface area contributed by atoms with E-state index < -0.39 is 0 Å². The molecule has 1 N–H and O–H groups in total. The molecule has 1 saturated heterocycles. The number of imidazole rings is 1. The van der Waals surface area contributed by atoms with Crippen molar-refractivity contribution in [2.24, 2.45) is 7.05 Å². The van der Waals surface area contributed by atoms with Crippen LogP contribution in [0.4, 0.5) is 0 Å². The van der Waals surface area contributed by atoms with E-state index in [2.05, 4.69) is 71.8 Å². The highest BCUT2D eigenvalue weighted by atomic mass is 16.5. The van der Waals surface area contributed by atoms with Crippen LogP contribution >= 0.6 is 0 Å². The summed E-state index contributed by atoms with van der Waals surface area (Å²) in [5.74, 6) is 1.78. The summed E-state index contributed by atoms with van der Waals surface area (Å²) in [5, 5.41) is 4.73. The molecule has 0 saturated carbocycles. The first-order valence-electron chi connectivity index (χ1n) is 11.5. The molecule has 0 spiro atoms. The van der Waals surface area contributed by atoms with Crippen molar-refractivity contribution in [3.63, 3.8) is 0 Å². The van der Waals surface area contributed by atoms with E-state index in [1.165, 1.54) is 6.42 Å². The third-order valence-electron chi connectivity index (χ3n) is 6.57. The van der Waals surface area contributed by atoms with Crippen LogP contribution in [0.3, 0.4) is 0 Å². The summed E-state index contributed by atoms with van der Waals surface area (Å²) >= 11 is 0. The largest absolute Gasteiger partial charge is 0.494 e. The van der Waals surface area contributed by atoms with Crippen molar-refractivity contribution in [3.8, 4) is 17.3 Å². The number of hydrogen-bond acceptors (Lipinski definition) is 4. The molecule has 0 amide bonds. The van der Waals surface area contributed by atoms with Gasteiger partial charge in [-0.15, -0.1) is 0 Å². The maximum atomic E-state index is 5.66. The Morgan fingerprint density at radius 2 is 2.09 bits per heavy atom. The molecule has 0 aliphatic carbocycles. The normalized spacial score (nSPS) is 16.7. The van der Waals surface area contributed by atoms with Crippen LogP contribution in [0.1, 0.15) is 43.5 Å². The fraction of sp³-hybridized carbons (Fsp3) is 0.385. The number of fused-ring (bicyclic) bond motifs is 2. The van der Waals surface area contributed by atoms with E-state index >= 15 is 0 Å². The van der Waals surface area contributed by atoms with Crippen molar-refractivity contribution in [3.05, 3.63) is 53.7 Å². The van der Waals surface area contributed by atoms with Crippen molar-refractivity contribution in [2.75, 3.05) is 13.7 Å². The first-order valence-corrected chi connectivity index (χ1v) is 11.5. The second-order valence-electron chi connectivity index (χ2n) is 8.61. The number of rotatable bonds is 6. The number of aromatic nitrogens is 4. The highest BCUT2D eigenvalue weighted by Gasteiger charge is 2.22. The van der Waals surface area contributed by atoms with E-state index in [1.54, 1.807) is 7.11 Å². The second-order valence-corrected chi connectivity index (χ2v) is 8.61. The number of hydrogen-bond donors (Lipinski definition) is 1. The van der Waals surface area contributed by atoms with Gasteiger partial charge in [-0.05, 0) is 69.5 Å². The fourth-order valence-electron chi connectivity index (χ4n) is 4.86. The van der Waals surface area contributed by atoms with Crippen LogP contribution in [0.5, 0.6) is 5.75 Å². The Labute approximate surface area is 188 Å². The lowest BCUT2D eigenvalue weighted by molar-refractivity contribution is 0.418. The number of benzene rings is 1. The summed E-state index contributed by atoms with van der Waals surface area (Å²) in [6.07, 6.45) is 7.62. The average molecular weight is 430 g/mol. The summed E-state index contributed by atoms with van der Waals surface area (Å²) < 4.78 is 10.1. The Hall–Kier alpha value is -3.12. The van der Waals surface area contributed by atoms with Gasteiger partial charge in [-0.2, -0.15) is 0 Å². The molecule has 0 unspecified atom stereocenters. The Morgan fingerprint density at radius 1 is 1.22 bits per heavy atom. The number of nitrogens with zero attached hydrogens (tertiary/aromatic N) is 4. The molecule has 1 aromatic carbocycles. The Morgan fingerprint density at radius 3 is 2.84 bits per heavy atom. The summed E-state index contributed by atoms with van der Waals surface area (Å²) in [4.78, 5) is 10.2. The highest BCUT2D eigenvalue weighted by molar-refractivity contribution is 5.90. The number of aryl methyl sites for hydroxylation is 3. The minimum absolute atomic E-state index is 0.351. The first-order chi connectivity index (χ1) is 15.6. The monoisotopic (exact) mass is 429 g/mol. The van der Waals surface area contributed by atoms with Gasteiger partial charge in [0, 0.05) is 25.0 Å². The zero-order valence-corrected chi connectivity index (χ0v) is 19.4. The van der Waals surface area contributed by atoms with Crippen LogP contribution in [0.25, 0.3) is 33.6 Å². The summed E-state index contributed by atoms with van der Waals surface area (Å²) in [7, 11) is 3.79. The third kappa shape index (κ3) is 3.39. The van der Waals surface area contributed by atoms with Crippen LogP contribution in [0.15, 0.2) is 42.5 Å². The van der Waals surface area contributed by atoms with Crippen molar-refractivity contribution >= 4 is 22.1 Å². The Kier molecular flexibility index (Phi) is 5.47. The molecule has 1 aliphatic rings. The lowest BCUT2D eigenvalue weighted by Crippen LogP contribution is -2.14. The lowest BCUT2D eigenvalue weighted by atomic mass is 10.1. The molecule has 1 fully saturated rings. The van der Waals surface area contributed by atoms with Crippen molar-refractivity contribution in [1.82, 2.24) is 24.4 Å². The third-order valence-corrected chi connectivity index (χ3v) is 6.57. The van der Waals surface area contributed by atoms with Gasteiger partial charge in [-0.25, -0.2) is 9.97 Å². The van der Waals surface area contributed by atoms with Crippen molar-refractivity contribution in [1.29, 1.82) is 0 Å². The molecular weight excluding hydrogens is 398 g/mol. The summed E-state index contributed by atoms with van der Waals surface area (Å²) in [6.45, 7) is 6.09. The quantitative estimate of drug-likeness (QED) is 0.423. The Bertz CT molecular complexity index is 1310. The highest BCUT2D eigenvalue weighted by Crippen LogP contribution is 2.35. The molecule has 0 radical (unpaired) electrons. The molecule has 5 rings (SSSR count). The van der Waals surface area contributed by atoms with E-state index in [1.807, 2.05) is 6.07 Å². The molecule has 32 heavy (non-hydrogen) atoms. The van der Waals surface area contributed by atoms with Crippen LogP contribution in [0, 0.1) is 6.92 Å². The SMILES string of the molecule is C/C=C\CCn1c(-c2nc3c(C)ccc(OC)c3n2C)cc2ccc([C@H]3CCCN3)nc21. The van der Waals surface area contributed by atoms with Crippen molar-refractivity contribution < 1.29 is 4.74 Å². The molecule has 4 aromatic rings. The molecular formula is C26H31N5O. The molecule has 3 aromatic heterocycles. The maximum absolute atomic E-state index is 5.66. The van der Waals surface area contributed by atoms with E-state index in [0.29, 0.717) is 6.04 Å². The van der Waals surface area contributed by atoms with Gasteiger partial charge in [0.05, 0.1) is 24.0 Å². The molecule has 6 nitrogen and oxygen atoms in total. The number of pyridine rings is 1. The second kappa shape index (κ2) is 8.43. The Balaban J connectivity index is 1.71. The van der Waals surface area contributed by atoms with Gasteiger partial charge >= 0.3 is 0 Å². The van der Waals surface area contributed by atoms with Gasteiger partial charge in [0.15, 0.2) is 5.82 Å². The topological polar surface area (TPSA) is 56.9 Å². The van der Waals surface area contributed by atoms with Crippen LogP contribution in [-0.2, 0) is 13.6 Å². The lowest BCUT2D eigenvalue weighted by Gasteiger charge is -2.12. The van der Waals surface area contributed by atoms with E-state index in [-0.39, 0.29) is 0 Å². The minimum Gasteiger partial charge on any atom is -0.494 e.